The number of piperidine rings is 1. The third kappa shape index (κ3) is 4.66. The molecule has 0 saturated carbocycles. The standard InChI is InChI=1S/C24H29N3O4S3/c1-16-13-20-21(14-17(16)2)33-24(25-20)27(15-19-5-3-11-31-19)23(28)18-7-9-26(10-8-18)34(29,30)22-6-4-12-32-22/h4,6,12-14,18-19H,3,5,7-11,15H2,1-2H3. The summed E-state index contributed by atoms with van der Waals surface area (Å²) in [4.78, 5) is 20.4. The summed E-state index contributed by atoms with van der Waals surface area (Å²) in [7, 11) is -3.49. The Morgan fingerprint density at radius 1 is 1.21 bits per heavy atom. The third-order valence-corrected chi connectivity index (χ3v) is 11.1. The number of thiophene rings is 1. The van der Waals surface area contributed by atoms with Gasteiger partial charge in [0.25, 0.3) is 10.0 Å². The second kappa shape index (κ2) is 9.66. The number of benzene rings is 1. The minimum Gasteiger partial charge on any atom is -0.376 e. The van der Waals surface area contributed by atoms with E-state index in [2.05, 4.69) is 26.0 Å². The number of sulfonamides is 1. The summed E-state index contributed by atoms with van der Waals surface area (Å²) in [6.45, 7) is 6.07. The SMILES string of the molecule is Cc1cc2nc(N(CC3CCCO3)C(=O)C3CCN(S(=O)(=O)c4cccs4)CC3)sc2cc1C. The molecule has 7 nitrogen and oxygen atoms in total. The van der Waals surface area contributed by atoms with E-state index in [1.54, 1.807) is 33.7 Å². The summed E-state index contributed by atoms with van der Waals surface area (Å²) in [5, 5.41) is 2.47. The second-order valence-electron chi connectivity index (χ2n) is 9.09. The van der Waals surface area contributed by atoms with Gasteiger partial charge in [0.05, 0.1) is 22.9 Å². The number of carbonyl (C=O) groups excluding carboxylic acids is 1. The van der Waals surface area contributed by atoms with Crippen LogP contribution in [-0.2, 0) is 19.6 Å². The van der Waals surface area contributed by atoms with Crippen LogP contribution in [-0.4, -0.2) is 56.0 Å². The Morgan fingerprint density at radius 3 is 2.65 bits per heavy atom. The van der Waals surface area contributed by atoms with Crippen molar-refractivity contribution in [2.24, 2.45) is 5.92 Å². The maximum absolute atomic E-state index is 13.8. The normalized spacial score (nSPS) is 20.2. The van der Waals surface area contributed by atoms with Gasteiger partial charge in [0, 0.05) is 25.6 Å². The molecule has 4 heterocycles. The predicted octanol–water partition coefficient (Wildman–Crippen LogP) is 4.59. The van der Waals surface area contributed by atoms with Crippen LogP contribution in [0.2, 0.25) is 0 Å². The van der Waals surface area contributed by atoms with Gasteiger partial charge in [-0.2, -0.15) is 4.31 Å². The number of thiazole rings is 1. The molecule has 34 heavy (non-hydrogen) atoms. The maximum Gasteiger partial charge on any atom is 0.252 e. The number of ether oxygens (including phenoxy) is 1. The van der Waals surface area contributed by atoms with Crippen LogP contribution in [0, 0.1) is 19.8 Å². The van der Waals surface area contributed by atoms with E-state index in [1.165, 1.54) is 26.8 Å². The molecule has 2 saturated heterocycles. The van der Waals surface area contributed by atoms with Gasteiger partial charge in [-0.25, -0.2) is 13.4 Å². The predicted molar refractivity (Wildman–Crippen MR) is 136 cm³/mol. The number of nitrogens with zero attached hydrogens (tertiary/aromatic N) is 3. The van der Waals surface area contributed by atoms with Crippen LogP contribution >= 0.6 is 22.7 Å². The van der Waals surface area contributed by atoms with Gasteiger partial charge in [-0.15, -0.1) is 11.3 Å². The molecular formula is C24H29N3O4S3. The molecule has 2 aliphatic heterocycles. The Bertz CT molecular complexity index is 1230. The summed E-state index contributed by atoms with van der Waals surface area (Å²) in [5.74, 6) is -0.206. The van der Waals surface area contributed by atoms with E-state index in [1.807, 2.05) is 0 Å². The van der Waals surface area contributed by atoms with Gasteiger partial charge in [0.2, 0.25) is 5.91 Å². The van der Waals surface area contributed by atoms with Crippen LogP contribution in [0.4, 0.5) is 5.13 Å². The summed E-state index contributed by atoms with van der Waals surface area (Å²) >= 11 is 2.77. The molecule has 10 heteroatoms. The van der Waals surface area contributed by atoms with Crippen molar-refractivity contribution in [1.82, 2.24) is 9.29 Å². The first-order chi connectivity index (χ1) is 16.3. The average molecular weight is 520 g/mol. The second-order valence-corrected chi connectivity index (χ2v) is 13.2. The number of aromatic nitrogens is 1. The molecule has 2 aromatic heterocycles. The number of rotatable bonds is 6. The number of amides is 1. The quantitative estimate of drug-likeness (QED) is 0.476. The number of hydrogen-bond acceptors (Lipinski definition) is 7. The van der Waals surface area contributed by atoms with Crippen molar-refractivity contribution in [3.8, 4) is 0 Å². The number of carbonyl (C=O) groups is 1. The zero-order valence-electron chi connectivity index (χ0n) is 19.4. The summed E-state index contributed by atoms with van der Waals surface area (Å²) in [6, 6.07) is 7.59. The third-order valence-electron chi connectivity index (χ3n) is 6.79. The molecule has 182 valence electrons. The summed E-state index contributed by atoms with van der Waals surface area (Å²) < 4.78 is 34.6. The highest BCUT2D eigenvalue weighted by Gasteiger charge is 2.36. The summed E-state index contributed by atoms with van der Waals surface area (Å²) in [5.41, 5.74) is 3.30. The first-order valence-corrected chi connectivity index (χ1v) is 14.8. The van der Waals surface area contributed by atoms with Crippen LogP contribution in [0.5, 0.6) is 0 Å². The zero-order valence-corrected chi connectivity index (χ0v) is 21.8. The van der Waals surface area contributed by atoms with Crippen LogP contribution in [0.15, 0.2) is 33.9 Å². The molecule has 1 aromatic carbocycles. The first-order valence-electron chi connectivity index (χ1n) is 11.7. The van der Waals surface area contributed by atoms with E-state index in [4.69, 9.17) is 9.72 Å². The minimum absolute atomic E-state index is 0.0127. The molecule has 1 unspecified atom stereocenters. The molecule has 0 spiro atoms. The lowest BCUT2D eigenvalue weighted by atomic mass is 9.96. The van der Waals surface area contributed by atoms with Crippen LogP contribution < -0.4 is 4.90 Å². The average Bonchev–Trinajstić information content (AvgIpc) is 3.59. The largest absolute Gasteiger partial charge is 0.376 e. The van der Waals surface area contributed by atoms with Crippen LogP contribution in [0.1, 0.15) is 36.8 Å². The van der Waals surface area contributed by atoms with Crippen molar-refractivity contribution in [3.63, 3.8) is 0 Å². The van der Waals surface area contributed by atoms with E-state index < -0.39 is 10.0 Å². The van der Waals surface area contributed by atoms with Crippen LogP contribution in [0.25, 0.3) is 10.2 Å². The van der Waals surface area contributed by atoms with Gasteiger partial charge in [-0.1, -0.05) is 17.4 Å². The zero-order chi connectivity index (χ0) is 23.9. The number of anilines is 1. The Morgan fingerprint density at radius 2 is 1.97 bits per heavy atom. The number of hydrogen-bond donors (Lipinski definition) is 0. The molecule has 2 fully saturated rings. The molecule has 2 aliphatic rings. The molecule has 0 bridgehead atoms. The molecule has 3 aromatic rings. The molecule has 0 radical (unpaired) electrons. The van der Waals surface area contributed by atoms with E-state index >= 15 is 0 Å². The van der Waals surface area contributed by atoms with Gasteiger partial charge in [-0.3, -0.25) is 9.69 Å². The highest BCUT2D eigenvalue weighted by molar-refractivity contribution is 7.91. The van der Waals surface area contributed by atoms with Gasteiger partial charge in [0.1, 0.15) is 4.21 Å². The fourth-order valence-corrected chi connectivity index (χ4v) is 8.31. The lowest BCUT2D eigenvalue weighted by Gasteiger charge is -2.33. The number of aryl methyl sites for hydroxylation is 2. The maximum atomic E-state index is 13.8. The van der Waals surface area contributed by atoms with E-state index in [0.717, 1.165) is 29.7 Å². The van der Waals surface area contributed by atoms with Crippen LogP contribution in [0.3, 0.4) is 0 Å². The Balaban J connectivity index is 1.36. The molecular weight excluding hydrogens is 490 g/mol. The fourth-order valence-electron chi connectivity index (χ4n) is 4.64. The highest BCUT2D eigenvalue weighted by atomic mass is 32.2. The minimum atomic E-state index is -3.49. The Hall–Kier alpha value is -1.85. The smallest absolute Gasteiger partial charge is 0.252 e. The molecule has 0 N–H and O–H groups in total. The van der Waals surface area contributed by atoms with Crippen molar-refractivity contribution in [1.29, 1.82) is 0 Å². The highest BCUT2D eigenvalue weighted by Crippen LogP contribution is 2.34. The van der Waals surface area contributed by atoms with Gasteiger partial charge in [-0.05, 0) is 74.2 Å². The Kier molecular flexibility index (Phi) is 6.78. The van der Waals surface area contributed by atoms with E-state index in [-0.39, 0.29) is 17.9 Å². The van der Waals surface area contributed by atoms with Gasteiger partial charge in [0.15, 0.2) is 5.13 Å². The van der Waals surface area contributed by atoms with Crippen molar-refractivity contribution < 1.29 is 17.9 Å². The first kappa shape index (κ1) is 23.9. The fraction of sp³-hybridized carbons (Fsp3) is 0.500. The van der Waals surface area contributed by atoms with E-state index in [9.17, 15) is 13.2 Å². The lowest BCUT2D eigenvalue weighted by Crippen LogP contribution is -2.46. The molecule has 1 atom stereocenters. The van der Waals surface area contributed by atoms with Crippen molar-refractivity contribution >= 4 is 54.0 Å². The molecule has 0 aliphatic carbocycles. The monoisotopic (exact) mass is 519 g/mol. The van der Waals surface area contributed by atoms with Crippen molar-refractivity contribution in [2.75, 3.05) is 31.1 Å². The van der Waals surface area contributed by atoms with E-state index in [0.29, 0.717) is 41.8 Å². The topological polar surface area (TPSA) is 79.8 Å². The lowest BCUT2D eigenvalue weighted by molar-refractivity contribution is -0.123. The molecule has 5 rings (SSSR count). The summed E-state index contributed by atoms with van der Waals surface area (Å²) in [6.07, 6.45) is 2.97. The van der Waals surface area contributed by atoms with Gasteiger partial charge < -0.3 is 4.74 Å². The van der Waals surface area contributed by atoms with Crippen molar-refractivity contribution in [2.45, 2.75) is 49.8 Å². The molecule has 1 amide bonds. The Labute approximate surface area is 208 Å². The number of fused-ring (bicyclic) bond motifs is 1. The van der Waals surface area contributed by atoms with Gasteiger partial charge >= 0.3 is 0 Å². The van der Waals surface area contributed by atoms with Crippen molar-refractivity contribution in [3.05, 3.63) is 40.8 Å².